The van der Waals surface area contributed by atoms with Crippen LogP contribution < -0.4 is 5.32 Å². The number of carbonyl (C=O) groups is 2. The van der Waals surface area contributed by atoms with E-state index in [2.05, 4.69) is 10.3 Å². The first-order chi connectivity index (χ1) is 11.5. The number of amides is 2. The monoisotopic (exact) mass is 331 g/mol. The van der Waals surface area contributed by atoms with Gasteiger partial charge in [0.05, 0.1) is 0 Å². The summed E-state index contributed by atoms with van der Waals surface area (Å²) in [5, 5.41) is 2.65. The number of hydrogen-bond acceptors (Lipinski definition) is 4. The largest absolute Gasteiger partial charge is 0.447 e. The van der Waals surface area contributed by atoms with Crippen molar-refractivity contribution >= 4 is 17.8 Å². The molecule has 6 nitrogen and oxygen atoms in total. The number of hydrogen-bond donors (Lipinski definition) is 1. The molecule has 1 fully saturated rings. The summed E-state index contributed by atoms with van der Waals surface area (Å²) in [6.07, 6.45) is 1.65. The number of halogens is 1. The van der Waals surface area contributed by atoms with Gasteiger partial charge in [-0.3, -0.25) is 9.69 Å². The molecule has 1 aromatic heterocycles. The molecule has 126 valence electrons. The number of rotatable bonds is 4. The van der Waals surface area contributed by atoms with Crippen molar-refractivity contribution in [2.75, 3.05) is 19.0 Å². The SMILES string of the molecule is CN1C(=O)OC[C@H]1C(=O)Nc1ccc(Cc2cccc(F)c2)cn1.[HH]. The van der Waals surface area contributed by atoms with E-state index in [0.29, 0.717) is 12.2 Å². The maximum absolute atomic E-state index is 13.2. The van der Waals surface area contributed by atoms with Crippen LogP contribution in [0.5, 0.6) is 0 Å². The fraction of sp³-hybridized carbons (Fsp3) is 0.235. The molecule has 1 aliphatic rings. The number of likely N-dealkylation sites (N-methyl/N-ethyl adjacent to an activating group) is 1. The number of benzene rings is 1. The van der Waals surface area contributed by atoms with Crippen LogP contribution in [-0.2, 0) is 16.0 Å². The molecule has 1 aliphatic heterocycles. The van der Waals surface area contributed by atoms with Gasteiger partial charge in [-0.15, -0.1) is 0 Å². The maximum Gasteiger partial charge on any atom is 0.410 e. The van der Waals surface area contributed by atoms with E-state index in [1.807, 2.05) is 12.1 Å². The summed E-state index contributed by atoms with van der Waals surface area (Å²) in [6, 6.07) is 9.20. The number of cyclic esters (lactones) is 1. The number of nitrogens with one attached hydrogen (secondary N) is 1. The summed E-state index contributed by atoms with van der Waals surface area (Å²) in [6.45, 7) is 0.0266. The van der Waals surface area contributed by atoms with Crippen molar-refractivity contribution in [1.82, 2.24) is 9.88 Å². The third-order valence-electron chi connectivity index (χ3n) is 3.80. The lowest BCUT2D eigenvalue weighted by Crippen LogP contribution is -2.40. The Morgan fingerprint density at radius 2 is 2.25 bits per heavy atom. The molecule has 1 atom stereocenters. The van der Waals surface area contributed by atoms with Gasteiger partial charge in [-0.05, 0) is 35.7 Å². The summed E-state index contributed by atoms with van der Waals surface area (Å²) in [4.78, 5) is 28.8. The number of anilines is 1. The predicted molar refractivity (Wildman–Crippen MR) is 87.1 cm³/mol. The molecule has 0 bridgehead atoms. The molecular weight excluding hydrogens is 313 g/mol. The minimum Gasteiger partial charge on any atom is -0.447 e. The Morgan fingerprint density at radius 3 is 2.88 bits per heavy atom. The molecule has 1 N–H and O–H groups in total. The summed E-state index contributed by atoms with van der Waals surface area (Å²) < 4.78 is 18.0. The number of pyridine rings is 1. The van der Waals surface area contributed by atoms with E-state index in [1.165, 1.54) is 24.1 Å². The van der Waals surface area contributed by atoms with Crippen molar-refractivity contribution in [3.8, 4) is 0 Å². The van der Waals surface area contributed by atoms with Gasteiger partial charge in [0.25, 0.3) is 5.91 Å². The third-order valence-corrected chi connectivity index (χ3v) is 3.80. The smallest absolute Gasteiger partial charge is 0.410 e. The van der Waals surface area contributed by atoms with Crippen LogP contribution in [0, 0.1) is 5.82 Å². The zero-order chi connectivity index (χ0) is 17.1. The average molecular weight is 331 g/mol. The van der Waals surface area contributed by atoms with Gasteiger partial charge in [0.2, 0.25) is 0 Å². The molecule has 24 heavy (non-hydrogen) atoms. The highest BCUT2D eigenvalue weighted by Crippen LogP contribution is 2.14. The summed E-state index contributed by atoms with van der Waals surface area (Å²) >= 11 is 0. The van der Waals surface area contributed by atoms with Crippen LogP contribution in [0.4, 0.5) is 15.0 Å². The van der Waals surface area contributed by atoms with E-state index in [-0.39, 0.29) is 19.8 Å². The Labute approximate surface area is 139 Å². The standard InChI is InChI=1S/C17H16FN3O3.H2/c1-21-14(10-24-17(21)23)16(22)20-15-6-5-12(9-19-15)7-11-3-2-4-13(18)8-11;/h2-6,8-9,14H,7,10H2,1H3,(H,19,20,22);1H/t14-;/m0./s1. The van der Waals surface area contributed by atoms with Crippen molar-refractivity contribution in [2.24, 2.45) is 0 Å². The maximum atomic E-state index is 13.2. The highest BCUT2D eigenvalue weighted by Gasteiger charge is 2.35. The second-order valence-corrected chi connectivity index (χ2v) is 5.55. The van der Waals surface area contributed by atoms with Crippen LogP contribution in [0.2, 0.25) is 0 Å². The normalized spacial score (nSPS) is 16.8. The van der Waals surface area contributed by atoms with Gasteiger partial charge in [-0.25, -0.2) is 14.2 Å². The number of ether oxygens (including phenoxy) is 1. The summed E-state index contributed by atoms with van der Waals surface area (Å²) in [7, 11) is 1.51. The molecule has 3 rings (SSSR count). The molecule has 0 unspecified atom stereocenters. The Morgan fingerprint density at radius 1 is 1.42 bits per heavy atom. The van der Waals surface area contributed by atoms with E-state index in [1.54, 1.807) is 18.3 Å². The van der Waals surface area contributed by atoms with Crippen molar-refractivity contribution in [2.45, 2.75) is 12.5 Å². The minimum absolute atomic E-state index is 0. The summed E-state index contributed by atoms with van der Waals surface area (Å²) in [5.41, 5.74) is 1.74. The second kappa shape index (κ2) is 6.66. The van der Waals surface area contributed by atoms with Crippen LogP contribution >= 0.6 is 0 Å². The molecule has 0 radical (unpaired) electrons. The Balaban J connectivity index is 0.00000225. The van der Waals surface area contributed by atoms with Gasteiger partial charge in [0, 0.05) is 14.7 Å². The number of nitrogens with zero attached hydrogens (tertiary/aromatic N) is 2. The van der Waals surface area contributed by atoms with E-state index < -0.39 is 12.1 Å². The van der Waals surface area contributed by atoms with Crippen molar-refractivity contribution in [1.29, 1.82) is 0 Å². The number of aromatic nitrogens is 1. The summed E-state index contributed by atoms with van der Waals surface area (Å²) in [5.74, 6) is -0.244. The first kappa shape index (κ1) is 15.9. The van der Waals surface area contributed by atoms with Crippen LogP contribution in [-0.4, -0.2) is 41.6 Å². The molecule has 2 heterocycles. The zero-order valence-corrected chi connectivity index (χ0v) is 13.0. The van der Waals surface area contributed by atoms with Crippen LogP contribution in [0.1, 0.15) is 12.6 Å². The fourth-order valence-corrected chi connectivity index (χ4v) is 2.44. The third kappa shape index (κ3) is 3.51. The van der Waals surface area contributed by atoms with Crippen LogP contribution in [0.15, 0.2) is 42.6 Å². The Bertz CT molecular complexity index is 770. The lowest BCUT2D eigenvalue weighted by atomic mass is 10.1. The molecule has 0 saturated carbocycles. The van der Waals surface area contributed by atoms with Crippen molar-refractivity contribution < 1.29 is 20.1 Å². The molecule has 2 aromatic rings. The van der Waals surface area contributed by atoms with Gasteiger partial charge in [0.15, 0.2) is 0 Å². The molecule has 1 saturated heterocycles. The van der Waals surface area contributed by atoms with Gasteiger partial charge < -0.3 is 10.1 Å². The van der Waals surface area contributed by atoms with Crippen LogP contribution in [0.3, 0.4) is 0 Å². The first-order valence-corrected chi connectivity index (χ1v) is 7.43. The van der Waals surface area contributed by atoms with Crippen LogP contribution in [0.25, 0.3) is 0 Å². The van der Waals surface area contributed by atoms with Gasteiger partial charge in [-0.1, -0.05) is 18.2 Å². The highest BCUT2D eigenvalue weighted by molar-refractivity contribution is 5.97. The Hall–Kier alpha value is -2.96. The second-order valence-electron chi connectivity index (χ2n) is 5.55. The van der Waals surface area contributed by atoms with E-state index in [4.69, 9.17) is 4.74 Å². The molecular formula is C17H18FN3O3. The Kier molecular flexibility index (Phi) is 4.41. The average Bonchev–Trinajstić information content (AvgIpc) is 2.89. The van der Waals surface area contributed by atoms with Gasteiger partial charge >= 0.3 is 6.09 Å². The molecule has 2 amide bonds. The van der Waals surface area contributed by atoms with Crippen molar-refractivity contribution in [3.63, 3.8) is 0 Å². The first-order valence-electron chi connectivity index (χ1n) is 7.43. The lowest BCUT2D eigenvalue weighted by molar-refractivity contribution is -0.119. The molecule has 0 aliphatic carbocycles. The lowest BCUT2D eigenvalue weighted by Gasteiger charge is -2.15. The quantitative estimate of drug-likeness (QED) is 0.934. The van der Waals surface area contributed by atoms with E-state index in [9.17, 15) is 14.0 Å². The van der Waals surface area contributed by atoms with E-state index >= 15 is 0 Å². The molecule has 7 heteroatoms. The zero-order valence-electron chi connectivity index (χ0n) is 13.0. The topological polar surface area (TPSA) is 71.5 Å². The predicted octanol–water partition coefficient (Wildman–Crippen LogP) is 2.45. The molecule has 0 spiro atoms. The van der Waals surface area contributed by atoms with Gasteiger partial charge in [-0.2, -0.15) is 0 Å². The van der Waals surface area contributed by atoms with Crippen molar-refractivity contribution in [3.05, 3.63) is 59.5 Å². The van der Waals surface area contributed by atoms with Gasteiger partial charge in [0.1, 0.15) is 24.3 Å². The fourth-order valence-electron chi connectivity index (χ4n) is 2.44. The minimum atomic E-state index is -0.661. The van der Waals surface area contributed by atoms with E-state index in [0.717, 1.165) is 11.1 Å². The number of carbonyl (C=O) groups excluding carboxylic acids is 2. The molecule has 1 aromatic carbocycles. The highest BCUT2D eigenvalue weighted by atomic mass is 19.1.